The third kappa shape index (κ3) is 2.50. The van der Waals surface area contributed by atoms with Crippen LogP contribution in [-0.2, 0) is 10.2 Å². The topological polar surface area (TPSA) is 60.9 Å². The van der Waals surface area contributed by atoms with Crippen molar-refractivity contribution in [2.24, 2.45) is 0 Å². The van der Waals surface area contributed by atoms with Gasteiger partial charge >= 0.3 is 0 Å². The molecule has 0 bridgehead atoms. The Morgan fingerprint density at radius 2 is 1.82 bits per heavy atom. The van der Waals surface area contributed by atoms with E-state index in [0.717, 1.165) is 32.1 Å². The van der Waals surface area contributed by atoms with Gasteiger partial charge in [0, 0.05) is 25.2 Å². The number of nitrogens with zero attached hydrogens (tertiary/aromatic N) is 2. The van der Waals surface area contributed by atoms with E-state index in [1.54, 1.807) is 4.31 Å². The lowest BCUT2D eigenvalue weighted by Gasteiger charge is -2.36. The number of aliphatic hydroxyl groups excluding tert-OH is 1. The fourth-order valence-corrected chi connectivity index (χ4v) is 4.94. The summed E-state index contributed by atoms with van der Waals surface area (Å²) in [6.45, 7) is 3.08. The minimum atomic E-state index is -3.37. The van der Waals surface area contributed by atoms with Crippen molar-refractivity contribution in [3.63, 3.8) is 0 Å². The Hall–Kier alpha value is -0.170. The van der Waals surface area contributed by atoms with E-state index in [1.807, 2.05) is 6.92 Å². The highest BCUT2D eigenvalue weighted by Crippen LogP contribution is 2.27. The second kappa shape index (κ2) is 5.22. The van der Waals surface area contributed by atoms with Gasteiger partial charge in [-0.1, -0.05) is 6.42 Å². The Bertz CT molecular complexity index is 350. The van der Waals surface area contributed by atoms with Crippen LogP contribution in [0.5, 0.6) is 0 Å². The third-order valence-corrected chi connectivity index (χ3v) is 6.08. The molecule has 0 saturated carbocycles. The Labute approximate surface area is 104 Å². The average Bonchev–Trinajstić information content (AvgIpc) is 2.78. The normalized spacial score (nSPS) is 33.1. The van der Waals surface area contributed by atoms with E-state index in [-0.39, 0.29) is 18.7 Å². The van der Waals surface area contributed by atoms with Crippen molar-refractivity contribution >= 4 is 10.2 Å². The zero-order valence-electron chi connectivity index (χ0n) is 10.4. The summed E-state index contributed by atoms with van der Waals surface area (Å²) in [5, 5.41) is 9.24. The second-order valence-electron chi connectivity index (χ2n) is 5.05. The van der Waals surface area contributed by atoms with E-state index in [2.05, 4.69) is 0 Å². The van der Waals surface area contributed by atoms with Gasteiger partial charge in [0.2, 0.25) is 0 Å². The first kappa shape index (κ1) is 13.3. The molecule has 17 heavy (non-hydrogen) atoms. The summed E-state index contributed by atoms with van der Waals surface area (Å²) in [5.74, 6) is 0. The van der Waals surface area contributed by atoms with Crippen LogP contribution in [0.4, 0.5) is 0 Å². The van der Waals surface area contributed by atoms with Gasteiger partial charge in [0.1, 0.15) is 0 Å². The summed E-state index contributed by atoms with van der Waals surface area (Å²) >= 11 is 0. The number of hydrogen-bond donors (Lipinski definition) is 1. The third-order valence-electron chi connectivity index (χ3n) is 3.87. The van der Waals surface area contributed by atoms with Crippen LogP contribution in [0.15, 0.2) is 0 Å². The zero-order valence-corrected chi connectivity index (χ0v) is 11.2. The predicted molar refractivity (Wildman–Crippen MR) is 65.8 cm³/mol. The fraction of sp³-hybridized carbons (Fsp3) is 1.00. The molecule has 0 aromatic heterocycles. The van der Waals surface area contributed by atoms with Crippen molar-refractivity contribution in [2.45, 2.75) is 51.1 Å². The van der Waals surface area contributed by atoms with Gasteiger partial charge in [-0.3, -0.25) is 0 Å². The van der Waals surface area contributed by atoms with Crippen LogP contribution in [0, 0.1) is 0 Å². The first-order valence-corrected chi connectivity index (χ1v) is 7.86. The van der Waals surface area contributed by atoms with Crippen LogP contribution in [0.3, 0.4) is 0 Å². The van der Waals surface area contributed by atoms with Gasteiger partial charge in [-0.05, 0) is 32.6 Å². The maximum absolute atomic E-state index is 12.5. The van der Waals surface area contributed by atoms with Crippen LogP contribution in [-0.4, -0.2) is 53.9 Å². The van der Waals surface area contributed by atoms with E-state index in [0.29, 0.717) is 13.1 Å². The summed E-state index contributed by atoms with van der Waals surface area (Å²) in [6.07, 6.45) is 4.62. The highest BCUT2D eigenvalue weighted by molar-refractivity contribution is 7.86. The minimum Gasteiger partial charge on any atom is -0.395 e. The molecule has 0 amide bonds. The molecule has 1 unspecified atom stereocenters. The number of piperidine rings is 1. The second-order valence-corrected chi connectivity index (χ2v) is 6.89. The lowest BCUT2D eigenvalue weighted by Crippen LogP contribution is -2.51. The van der Waals surface area contributed by atoms with Crippen LogP contribution in [0.1, 0.15) is 39.0 Å². The highest BCUT2D eigenvalue weighted by atomic mass is 32.2. The molecule has 2 aliphatic rings. The first-order chi connectivity index (χ1) is 8.07. The summed E-state index contributed by atoms with van der Waals surface area (Å²) in [7, 11) is -3.37. The SMILES string of the molecule is CC1CCCCN1S(=O)(=O)N1CCC[C@H]1CO. The molecule has 100 valence electrons. The van der Waals surface area contributed by atoms with Crippen LogP contribution in [0.2, 0.25) is 0 Å². The van der Waals surface area contributed by atoms with Gasteiger partial charge in [0.25, 0.3) is 10.2 Å². The molecule has 2 heterocycles. The largest absolute Gasteiger partial charge is 0.395 e. The molecule has 2 aliphatic heterocycles. The van der Waals surface area contributed by atoms with Gasteiger partial charge < -0.3 is 5.11 Å². The molecule has 0 aromatic rings. The van der Waals surface area contributed by atoms with E-state index in [9.17, 15) is 13.5 Å². The standard InChI is InChI=1S/C11H22N2O3S/c1-10-5-2-3-7-12(10)17(15,16)13-8-4-6-11(13)9-14/h10-11,14H,2-9H2,1H3/t10?,11-/m0/s1. The molecule has 2 fully saturated rings. The Kier molecular flexibility index (Phi) is 4.07. The Morgan fingerprint density at radius 3 is 2.47 bits per heavy atom. The van der Waals surface area contributed by atoms with Crippen LogP contribution in [0.25, 0.3) is 0 Å². The van der Waals surface area contributed by atoms with Gasteiger partial charge in [0.05, 0.1) is 6.61 Å². The molecule has 2 saturated heterocycles. The van der Waals surface area contributed by atoms with Gasteiger partial charge in [-0.2, -0.15) is 17.0 Å². The van der Waals surface area contributed by atoms with Crippen molar-refractivity contribution in [2.75, 3.05) is 19.7 Å². The number of aliphatic hydroxyl groups is 1. The maximum atomic E-state index is 12.5. The van der Waals surface area contributed by atoms with E-state index in [1.165, 1.54) is 4.31 Å². The summed E-state index contributed by atoms with van der Waals surface area (Å²) < 4.78 is 28.1. The van der Waals surface area contributed by atoms with E-state index >= 15 is 0 Å². The molecular formula is C11H22N2O3S. The number of rotatable bonds is 3. The van der Waals surface area contributed by atoms with Crippen LogP contribution < -0.4 is 0 Å². The molecule has 0 aromatic carbocycles. The molecule has 0 spiro atoms. The fourth-order valence-electron chi connectivity index (χ4n) is 2.84. The lowest BCUT2D eigenvalue weighted by molar-refractivity contribution is 0.193. The maximum Gasteiger partial charge on any atom is 0.282 e. The molecule has 2 atom stereocenters. The molecule has 0 aliphatic carbocycles. The lowest BCUT2D eigenvalue weighted by atomic mass is 10.1. The minimum absolute atomic E-state index is 0.0680. The predicted octanol–water partition coefficient (Wildman–Crippen LogP) is 0.562. The van der Waals surface area contributed by atoms with Gasteiger partial charge in [-0.15, -0.1) is 0 Å². The Balaban J connectivity index is 2.17. The van der Waals surface area contributed by atoms with Crippen molar-refractivity contribution in [1.29, 1.82) is 0 Å². The number of hydrogen-bond acceptors (Lipinski definition) is 3. The smallest absolute Gasteiger partial charge is 0.282 e. The summed E-state index contributed by atoms with van der Waals surface area (Å²) in [4.78, 5) is 0. The average molecular weight is 262 g/mol. The molecule has 0 radical (unpaired) electrons. The summed E-state index contributed by atoms with van der Waals surface area (Å²) in [5.41, 5.74) is 0. The van der Waals surface area contributed by atoms with E-state index < -0.39 is 10.2 Å². The quantitative estimate of drug-likeness (QED) is 0.808. The highest BCUT2D eigenvalue weighted by Gasteiger charge is 2.40. The molecule has 5 nitrogen and oxygen atoms in total. The Morgan fingerprint density at radius 1 is 1.12 bits per heavy atom. The monoisotopic (exact) mass is 262 g/mol. The molecule has 1 N–H and O–H groups in total. The zero-order chi connectivity index (χ0) is 12.5. The van der Waals surface area contributed by atoms with Crippen molar-refractivity contribution in [1.82, 2.24) is 8.61 Å². The molecule has 2 rings (SSSR count). The van der Waals surface area contributed by atoms with E-state index in [4.69, 9.17) is 0 Å². The van der Waals surface area contributed by atoms with Gasteiger partial charge in [-0.25, -0.2) is 0 Å². The van der Waals surface area contributed by atoms with Crippen LogP contribution >= 0.6 is 0 Å². The van der Waals surface area contributed by atoms with Crippen molar-refractivity contribution in [3.05, 3.63) is 0 Å². The van der Waals surface area contributed by atoms with Crippen molar-refractivity contribution in [3.8, 4) is 0 Å². The van der Waals surface area contributed by atoms with Crippen molar-refractivity contribution < 1.29 is 13.5 Å². The summed E-state index contributed by atoms with van der Waals surface area (Å²) in [6, 6.07) is -0.122. The molecule has 6 heteroatoms. The van der Waals surface area contributed by atoms with Gasteiger partial charge in [0.15, 0.2) is 0 Å². The first-order valence-electron chi connectivity index (χ1n) is 6.47. The molecular weight excluding hydrogens is 240 g/mol.